The van der Waals surface area contributed by atoms with Crippen LogP contribution in [0.25, 0.3) is 0 Å². The number of fused-ring (bicyclic) bond motifs is 1. The van der Waals surface area contributed by atoms with Crippen molar-refractivity contribution in [3.05, 3.63) is 51.3 Å². The number of hydrogen-bond donors (Lipinski definition) is 0. The molecule has 0 aliphatic heterocycles. The SMILES string of the molecule is CCn1nc(C)c(Br)c1CC(=O)C1Cc2ccccc21. The van der Waals surface area contributed by atoms with E-state index in [1.54, 1.807) is 0 Å². The number of aryl methyl sites for hydroxylation is 2. The summed E-state index contributed by atoms with van der Waals surface area (Å²) in [5.74, 6) is 0.359. The number of ketones is 1. The Balaban J connectivity index is 1.82. The van der Waals surface area contributed by atoms with Crippen LogP contribution in [0.2, 0.25) is 0 Å². The molecular formula is C16H17BrN2O. The number of carbonyl (C=O) groups excluding carboxylic acids is 1. The second kappa shape index (κ2) is 5.17. The lowest BCUT2D eigenvalue weighted by atomic mass is 9.74. The van der Waals surface area contributed by atoms with E-state index in [1.165, 1.54) is 11.1 Å². The highest BCUT2D eigenvalue weighted by Gasteiger charge is 2.32. The van der Waals surface area contributed by atoms with Crippen molar-refractivity contribution in [3.8, 4) is 0 Å². The molecule has 0 amide bonds. The molecule has 1 atom stereocenters. The number of hydrogen-bond acceptors (Lipinski definition) is 2. The molecule has 0 fully saturated rings. The molecule has 1 unspecified atom stereocenters. The molecule has 4 heteroatoms. The Morgan fingerprint density at radius 2 is 2.20 bits per heavy atom. The van der Waals surface area contributed by atoms with Crippen LogP contribution in [-0.2, 0) is 24.2 Å². The maximum Gasteiger partial charge on any atom is 0.146 e. The van der Waals surface area contributed by atoms with Crippen LogP contribution in [0.5, 0.6) is 0 Å². The Hall–Kier alpha value is -1.42. The topological polar surface area (TPSA) is 34.9 Å². The van der Waals surface area contributed by atoms with Crippen molar-refractivity contribution < 1.29 is 4.79 Å². The van der Waals surface area contributed by atoms with Gasteiger partial charge < -0.3 is 0 Å². The quantitative estimate of drug-likeness (QED) is 0.859. The molecule has 0 spiro atoms. The van der Waals surface area contributed by atoms with Gasteiger partial charge in [-0.15, -0.1) is 0 Å². The average molecular weight is 333 g/mol. The predicted octanol–water partition coefficient (Wildman–Crippen LogP) is 3.43. The van der Waals surface area contributed by atoms with Gasteiger partial charge in [0.15, 0.2) is 0 Å². The Bertz CT molecular complexity index is 675. The lowest BCUT2D eigenvalue weighted by Gasteiger charge is -2.28. The van der Waals surface area contributed by atoms with Crippen molar-refractivity contribution in [1.29, 1.82) is 0 Å². The van der Waals surface area contributed by atoms with Crippen LogP contribution in [0, 0.1) is 6.92 Å². The average Bonchev–Trinajstić information content (AvgIpc) is 2.68. The van der Waals surface area contributed by atoms with Gasteiger partial charge in [0.05, 0.1) is 22.3 Å². The summed E-state index contributed by atoms with van der Waals surface area (Å²) >= 11 is 3.56. The zero-order valence-corrected chi connectivity index (χ0v) is 13.3. The normalized spacial score (nSPS) is 16.6. The molecular weight excluding hydrogens is 316 g/mol. The summed E-state index contributed by atoms with van der Waals surface area (Å²) in [6.07, 6.45) is 1.33. The predicted molar refractivity (Wildman–Crippen MR) is 81.9 cm³/mol. The molecule has 3 rings (SSSR count). The fourth-order valence-electron chi connectivity index (χ4n) is 2.87. The number of rotatable bonds is 4. The number of benzene rings is 1. The van der Waals surface area contributed by atoms with E-state index in [1.807, 2.05) is 30.7 Å². The van der Waals surface area contributed by atoms with E-state index in [0.29, 0.717) is 12.2 Å². The van der Waals surface area contributed by atoms with E-state index in [4.69, 9.17) is 0 Å². The van der Waals surface area contributed by atoms with Gasteiger partial charge in [-0.25, -0.2) is 0 Å². The minimum Gasteiger partial charge on any atom is -0.299 e. The van der Waals surface area contributed by atoms with Crippen molar-refractivity contribution in [1.82, 2.24) is 9.78 Å². The summed E-state index contributed by atoms with van der Waals surface area (Å²) < 4.78 is 2.89. The Labute approximate surface area is 127 Å². The van der Waals surface area contributed by atoms with Crippen LogP contribution >= 0.6 is 15.9 Å². The van der Waals surface area contributed by atoms with E-state index in [2.05, 4.69) is 33.2 Å². The van der Waals surface area contributed by atoms with Crippen molar-refractivity contribution in [2.75, 3.05) is 0 Å². The second-order valence-electron chi connectivity index (χ2n) is 5.26. The molecule has 1 heterocycles. The van der Waals surface area contributed by atoms with E-state index >= 15 is 0 Å². The van der Waals surface area contributed by atoms with Crippen molar-refractivity contribution in [3.63, 3.8) is 0 Å². The standard InChI is InChI=1S/C16H17BrN2O/c1-3-19-14(16(17)10(2)18-19)9-15(20)13-8-11-6-4-5-7-12(11)13/h4-7,13H,3,8-9H2,1-2H3. The maximum atomic E-state index is 12.5. The van der Waals surface area contributed by atoms with Gasteiger partial charge in [0.2, 0.25) is 0 Å². The fraction of sp³-hybridized carbons (Fsp3) is 0.375. The Morgan fingerprint density at radius 3 is 2.90 bits per heavy atom. The first-order valence-electron chi connectivity index (χ1n) is 6.94. The largest absolute Gasteiger partial charge is 0.299 e. The zero-order valence-electron chi connectivity index (χ0n) is 11.7. The molecule has 0 bridgehead atoms. The van der Waals surface area contributed by atoms with Gasteiger partial charge in [0, 0.05) is 12.5 Å². The summed E-state index contributed by atoms with van der Waals surface area (Å²) in [7, 11) is 0. The third-order valence-corrected chi connectivity index (χ3v) is 5.07. The molecule has 20 heavy (non-hydrogen) atoms. The number of carbonyl (C=O) groups is 1. The minimum atomic E-state index is 0.0682. The molecule has 2 aromatic rings. The van der Waals surface area contributed by atoms with E-state index in [9.17, 15) is 4.79 Å². The third-order valence-electron chi connectivity index (χ3n) is 4.04. The highest BCUT2D eigenvalue weighted by molar-refractivity contribution is 9.10. The monoisotopic (exact) mass is 332 g/mol. The van der Waals surface area contributed by atoms with Gasteiger partial charge >= 0.3 is 0 Å². The first-order valence-corrected chi connectivity index (χ1v) is 7.73. The van der Waals surface area contributed by atoms with Crippen LogP contribution in [0.1, 0.15) is 35.4 Å². The van der Waals surface area contributed by atoms with Crippen molar-refractivity contribution >= 4 is 21.7 Å². The van der Waals surface area contributed by atoms with Crippen LogP contribution in [-0.4, -0.2) is 15.6 Å². The summed E-state index contributed by atoms with van der Waals surface area (Å²) in [4.78, 5) is 12.5. The summed E-state index contributed by atoms with van der Waals surface area (Å²) in [6, 6.07) is 8.22. The minimum absolute atomic E-state index is 0.0682. The van der Waals surface area contributed by atoms with Crippen molar-refractivity contribution in [2.45, 2.75) is 39.2 Å². The molecule has 1 aromatic carbocycles. The Kier molecular flexibility index (Phi) is 3.50. The number of aromatic nitrogens is 2. The summed E-state index contributed by atoms with van der Waals surface area (Å²) in [5.41, 5.74) is 4.46. The first kappa shape index (κ1) is 13.6. The smallest absolute Gasteiger partial charge is 0.146 e. The maximum absolute atomic E-state index is 12.5. The molecule has 1 aliphatic carbocycles. The van der Waals surface area contributed by atoms with Crippen LogP contribution in [0.3, 0.4) is 0 Å². The highest BCUT2D eigenvalue weighted by atomic mass is 79.9. The highest BCUT2D eigenvalue weighted by Crippen LogP contribution is 2.36. The lowest BCUT2D eigenvalue weighted by molar-refractivity contribution is -0.120. The van der Waals surface area contributed by atoms with E-state index in [-0.39, 0.29) is 5.92 Å². The number of halogens is 1. The third kappa shape index (κ3) is 2.12. The zero-order chi connectivity index (χ0) is 14.3. The molecule has 0 saturated heterocycles. The van der Waals surface area contributed by atoms with Crippen LogP contribution in [0.15, 0.2) is 28.7 Å². The van der Waals surface area contributed by atoms with Crippen LogP contribution < -0.4 is 0 Å². The molecule has 0 N–H and O–H groups in total. The molecule has 3 nitrogen and oxygen atoms in total. The van der Waals surface area contributed by atoms with Crippen LogP contribution in [0.4, 0.5) is 0 Å². The van der Waals surface area contributed by atoms with Gasteiger partial charge in [-0.3, -0.25) is 9.48 Å². The van der Waals surface area contributed by atoms with Gasteiger partial charge in [-0.2, -0.15) is 5.10 Å². The summed E-state index contributed by atoms with van der Waals surface area (Å²) in [6.45, 7) is 4.80. The van der Waals surface area contributed by atoms with Gasteiger partial charge in [0.25, 0.3) is 0 Å². The molecule has 0 saturated carbocycles. The molecule has 1 aliphatic rings. The first-order chi connectivity index (χ1) is 9.61. The fourth-order valence-corrected chi connectivity index (χ4v) is 3.30. The lowest BCUT2D eigenvalue weighted by Crippen LogP contribution is -2.27. The van der Waals surface area contributed by atoms with E-state index in [0.717, 1.165) is 28.8 Å². The van der Waals surface area contributed by atoms with Gasteiger partial charge in [-0.05, 0) is 47.3 Å². The molecule has 104 valence electrons. The van der Waals surface area contributed by atoms with Crippen molar-refractivity contribution in [2.24, 2.45) is 0 Å². The molecule has 1 aromatic heterocycles. The summed E-state index contributed by atoms with van der Waals surface area (Å²) in [5, 5.41) is 4.45. The second-order valence-corrected chi connectivity index (χ2v) is 6.05. The number of nitrogens with zero attached hydrogens (tertiary/aromatic N) is 2. The van der Waals surface area contributed by atoms with Gasteiger partial charge in [0.1, 0.15) is 5.78 Å². The molecule has 0 radical (unpaired) electrons. The Morgan fingerprint density at radius 1 is 1.45 bits per heavy atom. The van der Waals surface area contributed by atoms with E-state index < -0.39 is 0 Å². The number of Topliss-reactive ketones (excluding diaryl/α,β-unsaturated/α-hetero) is 1. The van der Waals surface area contributed by atoms with Gasteiger partial charge in [-0.1, -0.05) is 24.3 Å².